The molecule has 0 atom stereocenters. The van der Waals surface area contributed by atoms with E-state index in [4.69, 9.17) is 0 Å². The summed E-state index contributed by atoms with van der Waals surface area (Å²) in [5.74, 6) is -0.655. The summed E-state index contributed by atoms with van der Waals surface area (Å²) in [5.41, 5.74) is 1.20. The second kappa shape index (κ2) is 15.4. The molecule has 0 unspecified atom stereocenters. The summed E-state index contributed by atoms with van der Waals surface area (Å²) in [5, 5.41) is 9.19. The minimum atomic E-state index is -3.87. The van der Waals surface area contributed by atoms with E-state index in [1.807, 2.05) is 48.5 Å². The zero-order valence-corrected chi connectivity index (χ0v) is 29.1. The predicted molar refractivity (Wildman–Crippen MR) is 201 cm³/mol. The lowest BCUT2D eigenvalue weighted by atomic mass is 10.1. The predicted octanol–water partition coefficient (Wildman–Crippen LogP) is 6.92. The number of carbonyl (C=O) groups is 2. The van der Waals surface area contributed by atoms with Crippen molar-refractivity contribution in [2.45, 2.75) is 29.1 Å². The van der Waals surface area contributed by atoms with E-state index in [1.165, 1.54) is 12.1 Å². The first kappa shape index (κ1) is 35.1. The van der Waals surface area contributed by atoms with Gasteiger partial charge in [-0.1, -0.05) is 72.8 Å². The van der Waals surface area contributed by atoms with E-state index in [2.05, 4.69) is 20.1 Å². The summed E-state index contributed by atoms with van der Waals surface area (Å²) in [6.07, 6.45) is 2.07. The van der Waals surface area contributed by atoms with Gasteiger partial charge < -0.3 is 10.6 Å². The quantitative estimate of drug-likeness (QED) is 0.0897. The first-order valence-electron chi connectivity index (χ1n) is 16.4. The van der Waals surface area contributed by atoms with E-state index < -0.39 is 20.0 Å². The van der Waals surface area contributed by atoms with Gasteiger partial charge in [-0.2, -0.15) is 0 Å². The molecule has 10 nitrogen and oxygen atoms in total. The summed E-state index contributed by atoms with van der Waals surface area (Å²) in [6.45, 7) is 0.804. The van der Waals surface area contributed by atoms with Crippen molar-refractivity contribution in [2.75, 3.05) is 22.5 Å². The van der Waals surface area contributed by atoms with Gasteiger partial charge in [0, 0.05) is 35.6 Å². The molecule has 0 fully saturated rings. The highest BCUT2D eigenvalue weighted by atomic mass is 32.2. The van der Waals surface area contributed by atoms with Gasteiger partial charge in [-0.3, -0.25) is 19.0 Å². The van der Waals surface area contributed by atoms with E-state index in [0.29, 0.717) is 37.1 Å². The minimum Gasteiger partial charge on any atom is -0.352 e. The van der Waals surface area contributed by atoms with Crippen LogP contribution in [0.15, 0.2) is 143 Å². The number of sulfonamides is 2. The van der Waals surface area contributed by atoms with Gasteiger partial charge >= 0.3 is 0 Å². The van der Waals surface area contributed by atoms with Crippen LogP contribution in [-0.2, 0) is 20.0 Å². The average molecular weight is 721 g/mol. The molecule has 6 rings (SSSR count). The number of unbranched alkanes of at least 4 members (excludes halogenated alkanes) is 2. The lowest BCUT2D eigenvalue weighted by molar-refractivity contribution is 0.0947. The fourth-order valence-corrected chi connectivity index (χ4v) is 7.75. The monoisotopic (exact) mass is 720 g/mol. The van der Waals surface area contributed by atoms with Crippen LogP contribution in [0.2, 0.25) is 0 Å². The molecule has 0 bridgehead atoms. The molecule has 6 aromatic carbocycles. The highest BCUT2D eigenvalue weighted by molar-refractivity contribution is 7.93. The summed E-state index contributed by atoms with van der Waals surface area (Å²) in [7, 11) is -7.73. The van der Waals surface area contributed by atoms with Gasteiger partial charge in [0.1, 0.15) is 0 Å². The van der Waals surface area contributed by atoms with Crippen molar-refractivity contribution in [1.82, 2.24) is 10.6 Å². The Morgan fingerprint density at radius 2 is 0.843 bits per heavy atom. The van der Waals surface area contributed by atoms with Crippen LogP contribution >= 0.6 is 0 Å². The molecule has 51 heavy (non-hydrogen) atoms. The van der Waals surface area contributed by atoms with Gasteiger partial charge in [0.15, 0.2) is 0 Å². The van der Waals surface area contributed by atoms with Crippen LogP contribution in [0.5, 0.6) is 0 Å². The summed E-state index contributed by atoms with van der Waals surface area (Å²) < 4.78 is 57.2. The number of fused-ring (bicyclic) bond motifs is 2. The number of benzene rings is 6. The van der Waals surface area contributed by atoms with Gasteiger partial charge in [0.2, 0.25) is 0 Å². The Hall–Kier alpha value is -5.72. The van der Waals surface area contributed by atoms with Crippen LogP contribution in [0, 0.1) is 0 Å². The molecule has 12 heteroatoms. The zero-order chi connectivity index (χ0) is 35.8. The Morgan fingerprint density at radius 3 is 1.27 bits per heavy atom. The van der Waals surface area contributed by atoms with Gasteiger partial charge in [0.05, 0.1) is 9.79 Å². The second-order valence-corrected chi connectivity index (χ2v) is 15.3. The van der Waals surface area contributed by atoms with Crippen LogP contribution in [0.25, 0.3) is 21.5 Å². The van der Waals surface area contributed by atoms with Crippen molar-refractivity contribution in [3.63, 3.8) is 0 Å². The number of nitrogens with one attached hydrogen (secondary N) is 4. The Kier molecular flexibility index (Phi) is 10.6. The van der Waals surface area contributed by atoms with Gasteiger partial charge in [0.25, 0.3) is 31.9 Å². The minimum absolute atomic E-state index is 0.126. The van der Waals surface area contributed by atoms with Crippen molar-refractivity contribution >= 4 is 64.8 Å². The standard InChI is InChI=1S/C39H36N4O6S2/c44-38(32-14-8-16-34(24-32)42-50(46,47)36-20-18-28-10-2-4-12-30(28)26-36)40-22-6-1-7-23-41-39(45)33-15-9-17-35(25-33)43-51(48,49)37-21-19-29-11-3-5-13-31(29)27-37/h2-5,8-21,24-27,42-43H,1,6-7,22-23H2,(H,40,44)(H,41,45). The summed E-state index contributed by atoms with van der Waals surface area (Å²) in [6, 6.07) is 37.4. The molecule has 0 saturated carbocycles. The number of hydrogen-bond acceptors (Lipinski definition) is 6. The van der Waals surface area contributed by atoms with Crippen LogP contribution < -0.4 is 20.1 Å². The maximum absolute atomic E-state index is 13.0. The molecule has 4 N–H and O–H groups in total. The molecular formula is C39H36N4O6S2. The first-order valence-corrected chi connectivity index (χ1v) is 19.3. The molecule has 6 aromatic rings. The van der Waals surface area contributed by atoms with Crippen molar-refractivity contribution < 1.29 is 26.4 Å². The smallest absolute Gasteiger partial charge is 0.261 e. The molecule has 0 heterocycles. The molecule has 0 radical (unpaired) electrons. The van der Waals surface area contributed by atoms with Crippen molar-refractivity contribution in [1.29, 1.82) is 0 Å². The lowest BCUT2D eigenvalue weighted by Crippen LogP contribution is -2.26. The summed E-state index contributed by atoms with van der Waals surface area (Å²) >= 11 is 0. The van der Waals surface area contributed by atoms with E-state index in [-0.39, 0.29) is 33.0 Å². The highest BCUT2D eigenvalue weighted by Crippen LogP contribution is 2.24. The van der Waals surface area contributed by atoms with Crippen LogP contribution in [-0.4, -0.2) is 41.7 Å². The maximum atomic E-state index is 13.0. The fraction of sp³-hybridized carbons (Fsp3) is 0.128. The Morgan fingerprint density at radius 1 is 0.431 bits per heavy atom. The largest absolute Gasteiger partial charge is 0.352 e. The molecule has 0 aliphatic heterocycles. The Bertz CT molecular complexity index is 2280. The molecule has 0 spiro atoms. The van der Waals surface area contributed by atoms with Gasteiger partial charge in [-0.25, -0.2) is 16.8 Å². The number of carbonyl (C=O) groups excluding carboxylic acids is 2. The molecule has 0 aromatic heterocycles. The van der Waals surface area contributed by atoms with Crippen molar-refractivity contribution in [2.24, 2.45) is 0 Å². The van der Waals surface area contributed by atoms with Crippen molar-refractivity contribution in [3.8, 4) is 0 Å². The van der Waals surface area contributed by atoms with E-state index in [1.54, 1.807) is 72.8 Å². The van der Waals surface area contributed by atoms with Gasteiger partial charge in [-0.15, -0.1) is 0 Å². The van der Waals surface area contributed by atoms with Crippen LogP contribution in [0.3, 0.4) is 0 Å². The lowest BCUT2D eigenvalue weighted by Gasteiger charge is -2.11. The average Bonchev–Trinajstić information content (AvgIpc) is 3.13. The Labute approximate surface area is 297 Å². The third-order valence-corrected chi connectivity index (χ3v) is 11.0. The molecular weight excluding hydrogens is 685 g/mol. The molecule has 260 valence electrons. The molecule has 0 saturated heterocycles. The van der Waals surface area contributed by atoms with E-state index in [0.717, 1.165) is 28.0 Å². The first-order chi connectivity index (χ1) is 24.6. The maximum Gasteiger partial charge on any atom is 0.261 e. The third kappa shape index (κ3) is 8.91. The van der Waals surface area contributed by atoms with E-state index in [9.17, 15) is 26.4 Å². The highest BCUT2D eigenvalue weighted by Gasteiger charge is 2.17. The normalized spacial score (nSPS) is 11.6. The number of anilines is 2. The summed E-state index contributed by atoms with van der Waals surface area (Å²) in [4.78, 5) is 25.8. The van der Waals surface area contributed by atoms with Gasteiger partial charge in [-0.05, 0) is 101 Å². The molecule has 0 aliphatic rings. The number of hydrogen-bond donors (Lipinski definition) is 4. The number of rotatable bonds is 14. The van der Waals surface area contributed by atoms with E-state index >= 15 is 0 Å². The topological polar surface area (TPSA) is 151 Å². The zero-order valence-electron chi connectivity index (χ0n) is 27.5. The van der Waals surface area contributed by atoms with Crippen molar-refractivity contribution in [3.05, 3.63) is 145 Å². The SMILES string of the molecule is O=C(NCCCCCNC(=O)c1cccc(NS(=O)(=O)c2ccc3ccccc3c2)c1)c1cccc(NS(=O)(=O)c2ccc3ccccc3c2)c1. The second-order valence-electron chi connectivity index (χ2n) is 12.0. The third-order valence-electron chi connectivity index (χ3n) is 8.24. The number of amides is 2. The molecule has 2 amide bonds. The van der Waals surface area contributed by atoms with Crippen LogP contribution in [0.4, 0.5) is 11.4 Å². The molecule has 0 aliphatic carbocycles. The van der Waals surface area contributed by atoms with Crippen LogP contribution in [0.1, 0.15) is 40.0 Å². The Balaban J connectivity index is 0.928. The fourth-order valence-electron chi connectivity index (χ4n) is 5.58.